The zero-order valence-corrected chi connectivity index (χ0v) is 13.2. The zero-order valence-electron chi connectivity index (χ0n) is 13.2. The SMILES string of the molecule is CC(O)C(C)Oc1ccc(CNC(C)(C)C)cc1[N+](=O)[O-]. The molecule has 2 atom stereocenters. The number of aliphatic hydroxyl groups is 1. The maximum Gasteiger partial charge on any atom is 0.311 e. The highest BCUT2D eigenvalue weighted by Crippen LogP contribution is 2.29. The molecule has 0 aromatic heterocycles. The lowest BCUT2D eigenvalue weighted by Crippen LogP contribution is -2.35. The minimum atomic E-state index is -0.702. The van der Waals surface area contributed by atoms with Gasteiger partial charge in [-0.25, -0.2) is 0 Å². The Kier molecular flexibility index (Phi) is 5.69. The van der Waals surface area contributed by atoms with Crippen molar-refractivity contribution in [2.24, 2.45) is 0 Å². The molecule has 1 rings (SSSR count). The minimum absolute atomic E-state index is 0.0647. The van der Waals surface area contributed by atoms with Crippen LogP contribution >= 0.6 is 0 Å². The molecule has 0 aliphatic carbocycles. The van der Waals surface area contributed by atoms with Crippen LogP contribution in [0.2, 0.25) is 0 Å². The molecule has 1 aromatic carbocycles. The summed E-state index contributed by atoms with van der Waals surface area (Å²) in [6.07, 6.45) is -1.21. The molecule has 0 heterocycles. The first-order valence-corrected chi connectivity index (χ1v) is 6.97. The van der Waals surface area contributed by atoms with Crippen molar-refractivity contribution >= 4 is 5.69 Å². The zero-order chi connectivity index (χ0) is 16.2. The van der Waals surface area contributed by atoms with E-state index >= 15 is 0 Å². The van der Waals surface area contributed by atoms with Gasteiger partial charge in [-0.05, 0) is 46.2 Å². The first-order valence-electron chi connectivity index (χ1n) is 6.97. The molecule has 0 fully saturated rings. The molecule has 6 nitrogen and oxygen atoms in total. The lowest BCUT2D eigenvalue weighted by molar-refractivity contribution is -0.386. The number of nitro groups is 1. The number of rotatable bonds is 6. The van der Waals surface area contributed by atoms with Crippen molar-refractivity contribution in [3.05, 3.63) is 33.9 Å². The van der Waals surface area contributed by atoms with Crippen LogP contribution in [0.3, 0.4) is 0 Å². The fourth-order valence-corrected chi connectivity index (χ4v) is 1.58. The third kappa shape index (κ3) is 5.69. The topological polar surface area (TPSA) is 84.6 Å². The van der Waals surface area contributed by atoms with Crippen LogP contribution < -0.4 is 10.1 Å². The van der Waals surface area contributed by atoms with Crippen LogP contribution in [-0.2, 0) is 6.54 Å². The van der Waals surface area contributed by atoms with Crippen molar-refractivity contribution < 1.29 is 14.8 Å². The molecular formula is C15H24N2O4. The smallest absolute Gasteiger partial charge is 0.311 e. The number of nitrogens with zero attached hydrogens (tertiary/aromatic N) is 1. The summed E-state index contributed by atoms with van der Waals surface area (Å²) in [5.74, 6) is 0.174. The average Bonchev–Trinajstić information content (AvgIpc) is 2.36. The van der Waals surface area contributed by atoms with Crippen LogP contribution in [0.5, 0.6) is 5.75 Å². The van der Waals surface area contributed by atoms with E-state index in [-0.39, 0.29) is 17.0 Å². The summed E-state index contributed by atoms with van der Waals surface area (Å²) in [6.45, 7) is 9.88. The predicted molar refractivity (Wildman–Crippen MR) is 81.5 cm³/mol. The van der Waals surface area contributed by atoms with Gasteiger partial charge in [-0.15, -0.1) is 0 Å². The van der Waals surface area contributed by atoms with Gasteiger partial charge in [0.05, 0.1) is 11.0 Å². The first kappa shape index (κ1) is 17.4. The number of aliphatic hydroxyl groups excluding tert-OH is 1. The molecule has 118 valence electrons. The highest BCUT2D eigenvalue weighted by atomic mass is 16.6. The van der Waals surface area contributed by atoms with Crippen molar-refractivity contribution in [3.63, 3.8) is 0 Å². The highest BCUT2D eigenvalue weighted by molar-refractivity contribution is 5.48. The van der Waals surface area contributed by atoms with Gasteiger partial charge < -0.3 is 15.2 Å². The predicted octanol–water partition coefficient (Wildman–Crippen LogP) is 2.63. The molecule has 1 aromatic rings. The van der Waals surface area contributed by atoms with E-state index in [1.54, 1.807) is 26.0 Å². The monoisotopic (exact) mass is 296 g/mol. The van der Waals surface area contributed by atoms with Gasteiger partial charge in [-0.2, -0.15) is 0 Å². The number of ether oxygens (including phenoxy) is 1. The van der Waals surface area contributed by atoms with E-state index in [1.807, 2.05) is 20.8 Å². The molecular weight excluding hydrogens is 272 g/mol. The van der Waals surface area contributed by atoms with E-state index in [1.165, 1.54) is 6.07 Å². The van der Waals surface area contributed by atoms with Gasteiger partial charge in [0.25, 0.3) is 0 Å². The number of benzene rings is 1. The van der Waals surface area contributed by atoms with Crippen molar-refractivity contribution in [2.45, 2.75) is 58.9 Å². The maximum absolute atomic E-state index is 11.2. The summed E-state index contributed by atoms with van der Waals surface area (Å²) >= 11 is 0. The molecule has 0 saturated heterocycles. The third-order valence-electron chi connectivity index (χ3n) is 3.04. The highest BCUT2D eigenvalue weighted by Gasteiger charge is 2.20. The molecule has 2 N–H and O–H groups in total. The van der Waals surface area contributed by atoms with E-state index < -0.39 is 17.1 Å². The van der Waals surface area contributed by atoms with Crippen LogP contribution in [0.4, 0.5) is 5.69 Å². The second kappa shape index (κ2) is 6.87. The van der Waals surface area contributed by atoms with Gasteiger partial charge >= 0.3 is 5.69 Å². The molecule has 2 unspecified atom stereocenters. The van der Waals surface area contributed by atoms with Crippen molar-refractivity contribution in [1.82, 2.24) is 5.32 Å². The van der Waals surface area contributed by atoms with Crippen molar-refractivity contribution in [3.8, 4) is 5.75 Å². The summed E-state index contributed by atoms with van der Waals surface area (Å²) < 4.78 is 5.46. The van der Waals surface area contributed by atoms with Crippen LogP contribution in [0.15, 0.2) is 18.2 Å². The minimum Gasteiger partial charge on any atom is -0.481 e. The summed E-state index contributed by atoms with van der Waals surface area (Å²) in [5.41, 5.74) is 0.662. The summed E-state index contributed by atoms with van der Waals surface area (Å²) in [4.78, 5) is 10.7. The van der Waals surface area contributed by atoms with E-state index in [4.69, 9.17) is 4.74 Å². The third-order valence-corrected chi connectivity index (χ3v) is 3.04. The standard InChI is InChI=1S/C15H24N2O4/c1-10(18)11(2)21-14-7-6-12(8-13(14)17(19)20)9-16-15(3,4)5/h6-8,10-11,16,18H,9H2,1-5H3. The Morgan fingerprint density at radius 3 is 2.48 bits per heavy atom. The molecule has 6 heteroatoms. The van der Waals surface area contributed by atoms with Gasteiger partial charge in [0.15, 0.2) is 5.75 Å². The van der Waals surface area contributed by atoms with E-state index in [9.17, 15) is 15.2 Å². The Hall–Kier alpha value is -1.66. The molecule has 21 heavy (non-hydrogen) atoms. The Labute approximate surface area is 125 Å². The molecule has 0 amide bonds. The molecule has 0 radical (unpaired) electrons. The molecule has 0 aliphatic heterocycles. The van der Waals surface area contributed by atoms with E-state index in [0.29, 0.717) is 6.54 Å². The largest absolute Gasteiger partial charge is 0.481 e. The maximum atomic E-state index is 11.2. The molecule has 0 bridgehead atoms. The normalized spacial score (nSPS) is 14.6. The number of nitro benzene ring substituents is 1. The van der Waals surface area contributed by atoms with E-state index in [0.717, 1.165) is 5.56 Å². The van der Waals surface area contributed by atoms with Gasteiger partial charge in [0.1, 0.15) is 6.10 Å². The summed E-state index contributed by atoms with van der Waals surface area (Å²) in [5, 5.41) is 23.9. The number of hydrogen-bond donors (Lipinski definition) is 2. The fourth-order valence-electron chi connectivity index (χ4n) is 1.58. The van der Waals surface area contributed by atoms with Crippen LogP contribution in [0, 0.1) is 10.1 Å². The van der Waals surface area contributed by atoms with Gasteiger partial charge in [-0.1, -0.05) is 6.07 Å². The lowest BCUT2D eigenvalue weighted by atomic mass is 10.1. The Morgan fingerprint density at radius 2 is 2.00 bits per heavy atom. The van der Waals surface area contributed by atoms with Gasteiger partial charge in [-0.3, -0.25) is 10.1 Å². The first-order chi connectivity index (χ1) is 9.60. The quantitative estimate of drug-likeness (QED) is 0.622. The van der Waals surface area contributed by atoms with Crippen molar-refractivity contribution in [2.75, 3.05) is 0 Å². The summed E-state index contributed by atoms with van der Waals surface area (Å²) in [6, 6.07) is 4.87. The second-order valence-corrected chi connectivity index (χ2v) is 6.23. The fraction of sp³-hybridized carbons (Fsp3) is 0.600. The average molecular weight is 296 g/mol. The lowest BCUT2D eigenvalue weighted by Gasteiger charge is -2.21. The molecule has 0 spiro atoms. The van der Waals surface area contributed by atoms with Crippen molar-refractivity contribution in [1.29, 1.82) is 0 Å². The molecule has 0 saturated carbocycles. The Morgan fingerprint density at radius 1 is 1.38 bits per heavy atom. The molecule has 0 aliphatic rings. The van der Waals surface area contributed by atoms with Gasteiger partial charge in [0, 0.05) is 18.2 Å². The number of hydrogen-bond acceptors (Lipinski definition) is 5. The Bertz CT molecular complexity index is 495. The van der Waals surface area contributed by atoms with Crippen LogP contribution in [-0.4, -0.2) is 27.8 Å². The summed E-state index contributed by atoms with van der Waals surface area (Å²) in [7, 11) is 0. The second-order valence-electron chi connectivity index (χ2n) is 6.23. The van der Waals surface area contributed by atoms with Crippen LogP contribution in [0.25, 0.3) is 0 Å². The van der Waals surface area contributed by atoms with Crippen LogP contribution in [0.1, 0.15) is 40.2 Å². The van der Waals surface area contributed by atoms with Gasteiger partial charge in [0.2, 0.25) is 0 Å². The Balaban J connectivity index is 2.94. The number of nitrogens with one attached hydrogen (secondary N) is 1. The van der Waals surface area contributed by atoms with E-state index in [2.05, 4.69) is 5.32 Å².